The second-order valence-electron chi connectivity index (χ2n) is 4.03. The van der Waals surface area contributed by atoms with Gasteiger partial charge in [0.2, 0.25) is 0 Å². The Balaban J connectivity index is 2.46. The van der Waals surface area contributed by atoms with Crippen LogP contribution < -0.4 is 4.74 Å². The molecule has 2 rings (SSSR count). The second kappa shape index (κ2) is 6.50. The number of benzene rings is 2. The van der Waals surface area contributed by atoms with Gasteiger partial charge in [0.25, 0.3) is 0 Å². The largest absolute Gasteiger partial charge is 0.493 e. The van der Waals surface area contributed by atoms with Gasteiger partial charge >= 0.3 is 0 Å². The molecule has 5 heteroatoms. The van der Waals surface area contributed by atoms with E-state index in [4.69, 9.17) is 4.74 Å². The highest BCUT2D eigenvalue weighted by molar-refractivity contribution is 9.10. The first-order valence-electron chi connectivity index (χ1n) is 5.95. The van der Waals surface area contributed by atoms with E-state index in [0.29, 0.717) is 22.4 Å². The standard InChI is InChI=1S/C15H11Br2FO2/c1-2-20-14-6-4-10(16)8-11(14)15(19)9-3-5-12(17)13(18)7-9/h3-8H,2H2,1H3. The van der Waals surface area contributed by atoms with Crippen LogP contribution in [-0.4, -0.2) is 12.4 Å². The molecule has 0 bridgehead atoms. The number of carbonyl (C=O) groups excluding carboxylic acids is 1. The zero-order valence-corrected chi connectivity index (χ0v) is 13.8. The topological polar surface area (TPSA) is 26.3 Å². The lowest BCUT2D eigenvalue weighted by Crippen LogP contribution is -2.06. The molecule has 0 aromatic heterocycles. The highest BCUT2D eigenvalue weighted by Gasteiger charge is 2.16. The summed E-state index contributed by atoms with van der Waals surface area (Å²) < 4.78 is 20.1. The highest BCUT2D eigenvalue weighted by Crippen LogP contribution is 2.27. The third-order valence-electron chi connectivity index (χ3n) is 2.67. The number of hydrogen-bond acceptors (Lipinski definition) is 2. The predicted molar refractivity (Wildman–Crippen MR) is 82.8 cm³/mol. The normalized spacial score (nSPS) is 10.4. The zero-order chi connectivity index (χ0) is 14.7. The van der Waals surface area contributed by atoms with Crippen LogP contribution in [0.1, 0.15) is 22.8 Å². The number of carbonyl (C=O) groups is 1. The minimum Gasteiger partial charge on any atom is -0.493 e. The molecule has 0 aliphatic heterocycles. The van der Waals surface area contributed by atoms with Crippen LogP contribution in [0.3, 0.4) is 0 Å². The van der Waals surface area contributed by atoms with Crippen molar-refractivity contribution in [1.29, 1.82) is 0 Å². The fourth-order valence-electron chi connectivity index (χ4n) is 1.75. The third kappa shape index (κ3) is 3.27. The minimum absolute atomic E-state index is 0.277. The van der Waals surface area contributed by atoms with Crippen molar-refractivity contribution in [2.75, 3.05) is 6.61 Å². The predicted octanol–water partition coefficient (Wildman–Crippen LogP) is 4.98. The molecule has 0 unspecified atom stereocenters. The van der Waals surface area contributed by atoms with Gasteiger partial charge in [0.05, 0.1) is 16.6 Å². The fourth-order valence-corrected chi connectivity index (χ4v) is 2.36. The van der Waals surface area contributed by atoms with E-state index < -0.39 is 5.82 Å². The summed E-state index contributed by atoms with van der Waals surface area (Å²) >= 11 is 6.39. The van der Waals surface area contributed by atoms with Crippen molar-refractivity contribution in [3.05, 3.63) is 62.3 Å². The molecule has 2 nitrogen and oxygen atoms in total. The van der Waals surface area contributed by atoms with Gasteiger partial charge in [-0.25, -0.2) is 4.39 Å². The van der Waals surface area contributed by atoms with Gasteiger partial charge < -0.3 is 4.74 Å². The van der Waals surface area contributed by atoms with Crippen LogP contribution in [0, 0.1) is 5.82 Å². The quantitative estimate of drug-likeness (QED) is 0.675. The molecular weight excluding hydrogens is 391 g/mol. The summed E-state index contributed by atoms with van der Waals surface area (Å²) in [7, 11) is 0. The first-order chi connectivity index (χ1) is 9.52. The fraction of sp³-hybridized carbons (Fsp3) is 0.133. The Bertz CT molecular complexity index is 656. The van der Waals surface area contributed by atoms with Gasteiger partial charge in [-0.15, -0.1) is 0 Å². The lowest BCUT2D eigenvalue weighted by molar-refractivity contribution is 0.103. The van der Waals surface area contributed by atoms with Gasteiger partial charge in [0.15, 0.2) is 5.78 Å². The molecule has 0 saturated carbocycles. The molecule has 0 spiro atoms. The maximum Gasteiger partial charge on any atom is 0.196 e. The number of ketones is 1. The van der Waals surface area contributed by atoms with Crippen LogP contribution in [0.25, 0.3) is 0 Å². The average molecular weight is 402 g/mol. The van der Waals surface area contributed by atoms with E-state index in [2.05, 4.69) is 31.9 Å². The van der Waals surface area contributed by atoms with E-state index in [-0.39, 0.29) is 11.3 Å². The van der Waals surface area contributed by atoms with Crippen LogP contribution in [0.4, 0.5) is 4.39 Å². The van der Waals surface area contributed by atoms with Crippen molar-refractivity contribution in [3.8, 4) is 5.75 Å². The Kier molecular flexibility index (Phi) is 4.94. The summed E-state index contributed by atoms with van der Waals surface area (Å²) in [6.45, 7) is 2.30. The van der Waals surface area contributed by atoms with Crippen LogP contribution >= 0.6 is 31.9 Å². The SMILES string of the molecule is CCOc1ccc(Br)cc1C(=O)c1ccc(Br)c(F)c1. The first-order valence-corrected chi connectivity index (χ1v) is 7.53. The molecule has 2 aromatic rings. The smallest absolute Gasteiger partial charge is 0.196 e. The lowest BCUT2D eigenvalue weighted by Gasteiger charge is -2.10. The van der Waals surface area contributed by atoms with Crippen molar-refractivity contribution in [3.63, 3.8) is 0 Å². The van der Waals surface area contributed by atoms with E-state index >= 15 is 0 Å². The van der Waals surface area contributed by atoms with Crippen LogP contribution in [0.5, 0.6) is 5.75 Å². The van der Waals surface area contributed by atoms with Gasteiger partial charge in [0, 0.05) is 10.0 Å². The molecule has 104 valence electrons. The summed E-state index contributed by atoms with van der Waals surface area (Å²) in [4.78, 5) is 12.5. The maximum atomic E-state index is 13.5. The molecular formula is C15H11Br2FO2. The van der Waals surface area contributed by atoms with E-state index in [1.54, 1.807) is 24.3 Å². The Labute approximate surface area is 133 Å². The van der Waals surface area contributed by atoms with E-state index in [0.717, 1.165) is 4.47 Å². The van der Waals surface area contributed by atoms with Crippen molar-refractivity contribution in [2.24, 2.45) is 0 Å². The molecule has 20 heavy (non-hydrogen) atoms. The molecule has 0 aliphatic rings. The maximum absolute atomic E-state index is 13.5. The molecule has 0 atom stereocenters. The minimum atomic E-state index is -0.469. The van der Waals surface area contributed by atoms with Crippen LogP contribution in [0.2, 0.25) is 0 Å². The van der Waals surface area contributed by atoms with Crippen molar-refractivity contribution >= 4 is 37.6 Å². The summed E-state index contributed by atoms with van der Waals surface area (Å²) in [6.07, 6.45) is 0. The van der Waals surface area contributed by atoms with Crippen molar-refractivity contribution in [2.45, 2.75) is 6.92 Å². The third-order valence-corrected chi connectivity index (χ3v) is 3.80. The van der Waals surface area contributed by atoms with Gasteiger partial charge in [0.1, 0.15) is 11.6 Å². The number of ether oxygens (including phenoxy) is 1. The first kappa shape index (κ1) is 15.2. The Morgan fingerprint density at radius 2 is 1.95 bits per heavy atom. The van der Waals surface area contributed by atoms with E-state index in [1.165, 1.54) is 12.1 Å². The van der Waals surface area contributed by atoms with Gasteiger partial charge in [-0.05, 0) is 59.3 Å². The monoisotopic (exact) mass is 400 g/mol. The summed E-state index contributed by atoms with van der Waals surface area (Å²) in [5.74, 6) is -0.256. The molecule has 0 heterocycles. The number of rotatable bonds is 4. The average Bonchev–Trinajstić information content (AvgIpc) is 2.43. The number of halogens is 3. The van der Waals surface area contributed by atoms with Gasteiger partial charge in [-0.2, -0.15) is 0 Å². The highest BCUT2D eigenvalue weighted by atomic mass is 79.9. The molecule has 0 amide bonds. The summed E-state index contributed by atoms with van der Waals surface area (Å²) in [5, 5.41) is 0. The van der Waals surface area contributed by atoms with Crippen LogP contribution in [0.15, 0.2) is 45.3 Å². The van der Waals surface area contributed by atoms with Gasteiger partial charge in [-0.3, -0.25) is 4.79 Å². The molecule has 0 fully saturated rings. The summed E-state index contributed by atoms with van der Waals surface area (Å²) in [6, 6.07) is 9.49. The van der Waals surface area contributed by atoms with Crippen LogP contribution in [-0.2, 0) is 0 Å². The Morgan fingerprint density at radius 3 is 2.60 bits per heavy atom. The molecule has 0 saturated heterocycles. The second-order valence-corrected chi connectivity index (χ2v) is 5.80. The number of hydrogen-bond donors (Lipinski definition) is 0. The lowest BCUT2D eigenvalue weighted by atomic mass is 10.0. The van der Waals surface area contributed by atoms with E-state index in [9.17, 15) is 9.18 Å². The molecule has 0 aliphatic carbocycles. The van der Waals surface area contributed by atoms with Crippen molar-refractivity contribution in [1.82, 2.24) is 0 Å². The molecule has 0 N–H and O–H groups in total. The zero-order valence-electron chi connectivity index (χ0n) is 10.6. The summed E-state index contributed by atoms with van der Waals surface area (Å²) in [5.41, 5.74) is 0.688. The molecule has 0 radical (unpaired) electrons. The molecule has 2 aromatic carbocycles. The van der Waals surface area contributed by atoms with Gasteiger partial charge in [-0.1, -0.05) is 15.9 Å². The van der Waals surface area contributed by atoms with E-state index in [1.807, 2.05) is 6.92 Å². The van der Waals surface area contributed by atoms with Crippen molar-refractivity contribution < 1.29 is 13.9 Å². The Hall–Kier alpha value is -1.20. The Morgan fingerprint density at radius 1 is 1.20 bits per heavy atom.